The van der Waals surface area contributed by atoms with Crippen LogP contribution in [0.4, 0.5) is 5.95 Å². The maximum absolute atomic E-state index is 12.2. The maximum Gasteiger partial charge on any atom is 0.325 e. The lowest BCUT2D eigenvalue weighted by atomic mass is 10.1. The van der Waals surface area contributed by atoms with Crippen LogP contribution in [0, 0.1) is 5.92 Å². The van der Waals surface area contributed by atoms with Crippen LogP contribution in [-0.2, 0) is 16.1 Å². The fraction of sp³-hybridized carbons (Fsp3) is 0.333. The van der Waals surface area contributed by atoms with Gasteiger partial charge in [0, 0.05) is 5.92 Å². The number of methoxy groups -OCH3 is 1. The Balaban J connectivity index is 1.57. The molecule has 1 aliphatic carbocycles. The van der Waals surface area contributed by atoms with Gasteiger partial charge in [0.1, 0.15) is 18.6 Å². The Morgan fingerprint density at radius 1 is 1.39 bits per heavy atom. The number of carboxylic acids is 1. The largest absolute Gasteiger partial charge is 0.497 e. The molecule has 8 heteroatoms. The number of carboxylic acid groups (broad SMARTS) is 1. The summed E-state index contributed by atoms with van der Waals surface area (Å²) < 4.78 is 6.27. The van der Waals surface area contributed by atoms with Crippen molar-refractivity contribution in [2.45, 2.75) is 18.9 Å². The molecule has 2 atom stereocenters. The van der Waals surface area contributed by atoms with Crippen LogP contribution in [0.5, 0.6) is 5.75 Å². The Hall–Kier alpha value is -2.90. The molecule has 1 saturated carbocycles. The van der Waals surface area contributed by atoms with Gasteiger partial charge >= 0.3 is 5.97 Å². The minimum Gasteiger partial charge on any atom is -0.497 e. The van der Waals surface area contributed by atoms with Gasteiger partial charge in [-0.1, -0.05) is 12.1 Å². The van der Waals surface area contributed by atoms with Gasteiger partial charge in [-0.05, 0) is 30.0 Å². The summed E-state index contributed by atoms with van der Waals surface area (Å²) in [5.41, 5.74) is 1.09. The van der Waals surface area contributed by atoms with Gasteiger partial charge in [-0.15, -0.1) is 5.10 Å². The van der Waals surface area contributed by atoms with E-state index in [0.717, 1.165) is 22.4 Å². The van der Waals surface area contributed by atoms with Crippen molar-refractivity contribution in [3.05, 3.63) is 36.2 Å². The van der Waals surface area contributed by atoms with Gasteiger partial charge in [0.05, 0.1) is 7.11 Å². The number of nitrogens with one attached hydrogen (secondary N) is 1. The van der Waals surface area contributed by atoms with E-state index < -0.39 is 5.97 Å². The molecule has 1 aromatic heterocycles. The van der Waals surface area contributed by atoms with E-state index in [1.807, 2.05) is 24.3 Å². The third-order valence-electron chi connectivity index (χ3n) is 3.74. The molecule has 1 amide bonds. The third kappa shape index (κ3) is 3.47. The van der Waals surface area contributed by atoms with Crippen LogP contribution in [0.1, 0.15) is 17.9 Å². The number of amides is 1. The van der Waals surface area contributed by atoms with Crippen molar-refractivity contribution in [2.24, 2.45) is 5.92 Å². The molecule has 1 aliphatic rings. The molecule has 0 spiro atoms. The fourth-order valence-corrected chi connectivity index (χ4v) is 2.47. The lowest BCUT2D eigenvalue weighted by Crippen LogP contribution is -2.16. The second-order valence-corrected chi connectivity index (χ2v) is 5.37. The monoisotopic (exact) mass is 316 g/mol. The van der Waals surface area contributed by atoms with Crippen molar-refractivity contribution < 1.29 is 19.4 Å². The van der Waals surface area contributed by atoms with E-state index in [1.165, 1.54) is 6.33 Å². The van der Waals surface area contributed by atoms with Gasteiger partial charge in [0.15, 0.2) is 0 Å². The molecule has 0 bridgehead atoms. The van der Waals surface area contributed by atoms with Gasteiger partial charge in [-0.3, -0.25) is 14.9 Å². The van der Waals surface area contributed by atoms with Crippen LogP contribution in [0.3, 0.4) is 0 Å². The van der Waals surface area contributed by atoms with Crippen molar-refractivity contribution in [1.82, 2.24) is 14.8 Å². The summed E-state index contributed by atoms with van der Waals surface area (Å²) in [6.07, 6.45) is 2.05. The van der Waals surface area contributed by atoms with Crippen LogP contribution >= 0.6 is 0 Å². The predicted molar refractivity (Wildman–Crippen MR) is 80.1 cm³/mol. The number of hydrogen-bond donors (Lipinski definition) is 2. The second-order valence-electron chi connectivity index (χ2n) is 5.37. The summed E-state index contributed by atoms with van der Waals surface area (Å²) >= 11 is 0. The minimum atomic E-state index is -1.02. The van der Waals surface area contributed by atoms with E-state index in [1.54, 1.807) is 7.11 Å². The highest BCUT2D eigenvalue weighted by atomic mass is 16.5. The smallest absolute Gasteiger partial charge is 0.325 e. The van der Waals surface area contributed by atoms with Crippen LogP contribution in [0.15, 0.2) is 30.6 Å². The number of ether oxygens (including phenoxy) is 1. The van der Waals surface area contributed by atoms with E-state index in [2.05, 4.69) is 15.4 Å². The first-order valence-corrected chi connectivity index (χ1v) is 7.13. The minimum absolute atomic E-state index is 0.116. The van der Waals surface area contributed by atoms with E-state index >= 15 is 0 Å². The zero-order valence-corrected chi connectivity index (χ0v) is 12.5. The Morgan fingerprint density at radius 2 is 2.13 bits per heavy atom. The standard InChI is InChI=1S/C15H16N4O4/c1-23-10-4-2-9(3-5-10)11-6-12(11)14(22)17-15-16-8-19(18-15)7-13(20)21/h2-5,8,11-12H,6-7H2,1H3,(H,20,21)(H,17,18,22)/t11-,12+/m0/s1. The molecule has 0 radical (unpaired) electrons. The number of nitrogens with zero attached hydrogens (tertiary/aromatic N) is 3. The van der Waals surface area contributed by atoms with Gasteiger partial charge in [-0.2, -0.15) is 0 Å². The molecule has 2 aromatic rings. The summed E-state index contributed by atoms with van der Waals surface area (Å²) in [6, 6.07) is 7.66. The molecule has 1 heterocycles. The molecule has 23 heavy (non-hydrogen) atoms. The molecule has 8 nitrogen and oxygen atoms in total. The maximum atomic E-state index is 12.2. The number of benzene rings is 1. The van der Waals surface area contributed by atoms with Crippen molar-refractivity contribution in [3.8, 4) is 5.75 Å². The summed E-state index contributed by atoms with van der Waals surface area (Å²) in [7, 11) is 1.61. The van der Waals surface area contributed by atoms with E-state index in [9.17, 15) is 9.59 Å². The number of aliphatic carboxylic acids is 1. The Kier molecular flexibility index (Phi) is 3.96. The summed E-state index contributed by atoms with van der Waals surface area (Å²) in [4.78, 5) is 26.6. The Bertz CT molecular complexity index is 725. The summed E-state index contributed by atoms with van der Waals surface area (Å²) in [6.45, 7) is -0.291. The summed E-state index contributed by atoms with van der Waals surface area (Å²) in [5.74, 6) is -0.203. The molecular weight excluding hydrogens is 300 g/mol. The van der Waals surface area contributed by atoms with Gasteiger partial charge in [0.25, 0.3) is 0 Å². The third-order valence-corrected chi connectivity index (χ3v) is 3.74. The van der Waals surface area contributed by atoms with Gasteiger partial charge in [0.2, 0.25) is 11.9 Å². The number of rotatable bonds is 6. The quantitative estimate of drug-likeness (QED) is 0.827. The lowest BCUT2D eigenvalue weighted by Gasteiger charge is -2.03. The highest BCUT2D eigenvalue weighted by Gasteiger charge is 2.44. The van der Waals surface area contributed by atoms with Gasteiger partial charge < -0.3 is 9.84 Å². The van der Waals surface area contributed by atoms with Crippen LogP contribution in [0.25, 0.3) is 0 Å². The Morgan fingerprint density at radius 3 is 2.78 bits per heavy atom. The van der Waals surface area contributed by atoms with Crippen LogP contribution < -0.4 is 10.1 Å². The van der Waals surface area contributed by atoms with Crippen LogP contribution in [0.2, 0.25) is 0 Å². The molecule has 0 aliphatic heterocycles. The highest BCUT2D eigenvalue weighted by molar-refractivity contribution is 5.93. The number of anilines is 1. The van der Waals surface area contributed by atoms with Gasteiger partial charge in [-0.25, -0.2) is 9.67 Å². The van der Waals surface area contributed by atoms with Crippen molar-refractivity contribution in [2.75, 3.05) is 12.4 Å². The molecular formula is C15H16N4O4. The number of carbonyl (C=O) groups is 2. The zero-order chi connectivity index (χ0) is 16.4. The zero-order valence-electron chi connectivity index (χ0n) is 12.5. The van der Waals surface area contributed by atoms with E-state index in [0.29, 0.717) is 0 Å². The fourth-order valence-electron chi connectivity index (χ4n) is 2.47. The average molecular weight is 316 g/mol. The first-order valence-electron chi connectivity index (χ1n) is 7.13. The molecule has 1 fully saturated rings. The first kappa shape index (κ1) is 15.0. The Labute approximate surface area is 132 Å². The van der Waals surface area contributed by atoms with Crippen LogP contribution in [-0.4, -0.2) is 38.9 Å². The molecule has 0 saturated heterocycles. The predicted octanol–water partition coefficient (Wildman–Crippen LogP) is 1.11. The molecule has 3 rings (SSSR count). The number of hydrogen-bond acceptors (Lipinski definition) is 5. The number of carbonyl (C=O) groups excluding carboxylic acids is 1. The van der Waals surface area contributed by atoms with Crippen molar-refractivity contribution >= 4 is 17.8 Å². The second kappa shape index (κ2) is 6.07. The highest BCUT2D eigenvalue weighted by Crippen LogP contribution is 2.48. The molecule has 2 N–H and O–H groups in total. The SMILES string of the molecule is COc1ccc([C@@H]2C[C@H]2C(=O)Nc2ncn(CC(=O)O)n2)cc1. The normalized spacial score (nSPS) is 19.2. The molecule has 0 unspecified atom stereocenters. The van der Waals surface area contributed by atoms with E-state index in [-0.39, 0.29) is 30.2 Å². The lowest BCUT2D eigenvalue weighted by molar-refractivity contribution is -0.137. The summed E-state index contributed by atoms with van der Waals surface area (Å²) in [5, 5.41) is 15.2. The number of aromatic nitrogens is 3. The molecule has 120 valence electrons. The molecule has 1 aromatic carbocycles. The topological polar surface area (TPSA) is 106 Å². The average Bonchev–Trinajstić information content (AvgIpc) is 3.23. The first-order chi connectivity index (χ1) is 11.1. The van der Waals surface area contributed by atoms with Crippen molar-refractivity contribution in [3.63, 3.8) is 0 Å². The van der Waals surface area contributed by atoms with Crippen molar-refractivity contribution in [1.29, 1.82) is 0 Å². The van der Waals surface area contributed by atoms with E-state index in [4.69, 9.17) is 9.84 Å².